The summed E-state index contributed by atoms with van der Waals surface area (Å²) in [7, 11) is 0. The summed E-state index contributed by atoms with van der Waals surface area (Å²) in [6.07, 6.45) is 7.31. The van der Waals surface area contributed by atoms with E-state index in [9.17, 15) is 9.50 Å². The zero-order valence-electron chi connectivity index (χ0n) is 18.1. The SMILES string of the molecule is OC1C[C@@H]2[C@@H](/C=C/C3(COc4ccc(F)cc4)OCCO3)[C@H](OC3CCCCO3)C[C@@H]2O1. The molecule has 32 heavy (non-hydrogen) atoms. The first-order valence-corrected chi connectivity index (χ1v) is 11.6. The molecule has 2 unspecified atom stereocenters. The van der Waals surface area contributed by atoms with Crippen LogP contribution in [0.4, 0.5) is 4.39 Å². The van der Waals surface area contributed by atoms with Crippen molar-refractivity contribution in [2.24, 2.45) is 11.8 Å². The molecule has 4 aliphatic rings. The first-order valence-electron chi connectivity index (χ1n) is 11.6. The molecule has 3 aliphatic heterocycles. The highest BCUT2D eigenvalue weighted by atomic mass is 19.1. The van der Waals surface area contributed by atoms with Crippen LogP contribution in [-0.4, -0.2) is 62.1 Å². The van der Waals surface area contributed by atoms with Gasteiger partial charge in [0.25, 0.3) is 0 Å². The van der Waals surface area contributed by atoms with Gasteiger partial charge in [0.1, 0.15) is 18.2 Å². The molecule has 1 aromatic carbocycles. The van der Waals surface area contributed by atoms with E-state index < -0.39 is 12.1 Å². The lowest BCUT2D eigenvalue weighted by molar-refractivity contribution is -0.196. The van der Waals surface area contributed by atoms with Crippen LogP contribution in [0.5, 0.6) is 5.75 Å². The number of ether oxygens (including phenoxy) is 6. The number of aliphatic hydroxyl groups excluding tert-OH is 1. The van der Waals surface area contributed by atoms with Gasteiger partial charge in [-0.15, -0.1) is 0 Å². The smallest absolute Gasteiger partial charge is 0.223 e. The third-order valence-corrected chi connectivity index (χ3v) is 6.74. The topological polar surface area (TPSA) is 75.6 Å². The lowest BCUT2D eigenvalue weighted by atomic mass is 9.91. The standard InChI is InChI=1S/C24H31FO7/c25-16-4-6-17(7-5-16)28-15-24(29-11-12-30-24)9-8-18-19-13-22(26)31-21(19)14-20(18)32-23-3-1-2-10-27-23/h4-9,18-23,26H,1-3,10-15H2/b9-8+/t18-,19-,20-,21+,22?,23?/m1/s1. The van der Waals surface area contributed by atoms with E-state index >= 15 is 0 Å². The fraction of sp³-hybridized carbons (Fsp3) is 0.667. The van der Waals surface area contributed by atoms with Crippen molar-refractivity contribution < 1.29 is 37.9 Å². The van der Waals surface area contributed by atoms with E-state index in [0.29, 0.717) is 25.4 Å². The number of fused-ring (bicyclic) bond motifs is 1. The van der Waals surface area contributed by atoms with Gasteiger partial charge in [0, 0.05) is 25.4 Å². The van der Waals surface area contributed by atoms with Crippen LogP contribution in [0.3, 0.4) is 0 Å². The average molecular weight is 451 g/mol. The number of hydrogen-bond acceptors (Lipinski definition) is 7. The summed E-state index contributed by atoms with van der Waals surface area (Å²) in [4.78, 5) is 0. The molecule has 5 rings (SSSR count). The maximum absolute atomic E-state index is 13.2. The van der Waals surface area contributed by atoms with Crippen LogP contribution < -0.4 is 4.74 Å². The van der Waals surface area contributed by atoms with Gasteiger partial charge in [0.15, 0.2) is 12.6 Å². The summed E-state index contributed by atoms with van der Waals surface area (Å²) in [5, 5.41) is 10.0. The van der Waals surface area contributed by atoms with Crippen LogP contribution in [0, 0.1) is 17.7 Å². The molecular formula is C24H31FO7. The van der Waals surface area contributed by atoms with E-state index in [2.05, 4.69) is 6.08 Å². The summed E-state index contributed by atoms with van der Waals surface area (Å²) in [6, 6.07) is 5.87. The predicted octanol–water partition coefficient (Wildman–Crippen LogP) is 3.16. The molecule has 6 atom stereocenters. The fourth-order valence-corrected chi connectivity index (χ4v) is 5.14. The molecule has 1 N–H and O–H groups in total. The zero-order chi connectivity index (χ0) is 22.0. The minimum absolute atomic E-state index is 0.0370. The van der Waals surface area contributed by atoms with Crippen molar-refractivity contribution in [1.82, 2.24) is 0 Å². The molecule has 8 heteroatoms. The molecule has 3 saturated heterocycles. The van der Waals surface area contributed by atoms with Gasteiger partial charge in [-0.05, 0) is 55.5 Å². The highest BCUT2D eigenvalue weighted by Gasteiger charge is 2.50. The van der Waals surface area contributed by atoms with E-state index in [1.807, 2.05) is 6.08 Å². The number of halogens is 1. The van der Waals surface area contributed by atoms with Gasteiger partial charge in [-0.2, -0.15) is 0 Å². The number of hydrogen-bond donors (Lipinski definition) is 1. The van der Waals surface area contributed by atoms with E-state index in [-0.39, 0.29) is 42.8 Å². The fourth-order valence-electron chi connectivity index (χ4n) is 5.14. The molecule has 3 heterocycles. The third-order valence-electron chi connectivity index (χ3n) is 6.74. The summed E-state index contributed by atoms with van der Waals surface area (Å²) < 4.78 is 48.7. The third kappa shape index (κ3) is 5.00. The first-order chi connectivity index (χ1) is 15.6. The van der Waals surface area contributed by atoms with Crippen molar-refractivity contribution >= 4 is 0 Å². The predicted molar refractivity (Wildman–Crippen MR) is 111 cm³/mol. The van der Waals surface area contributed by atoms with Crippen LogP contribution in [0.2, 0.25) is 0 Å². The minimum atomic E-state index is -1.02. The van der Waals surface area contributed by atoms with Gasteiger partial charge in [0.05, 0.1) is 25.4 Å². The molecule has 0 bridgehead atoms. The van der Waals surface area contributed by atoms with E-state index in [1.54, 1.807) is 12.1 Å². The number of rotatable bonds is 7. The molecule has 0 spiro atoms. The van der Waals surface area contributed by atoms with E-state index in [4.69, 9.17) is 28.4 Å². The molecular weight excluding hydrogens is 419 g/mol. The normalized spacial score (nSPS) is 36.6. The second-order valence-corrected chi connectivity index (χ2v) is 8.92. The quantitative estimate of drug-likeness (QED) is 0.640. The van der Waals surface area contributed by atoms with Crippen LogP contribution in [0.25, 0.3) is 0 Å². The van der Waals surface area contributed by atoms with Crippen molar-refractivity contribution in [3.8, 4) is 5.75 Å². The van der Waals surface area contributed by atoms with Crippen molar-refractivity contribution in [1.29, 1.82) is 0 Å². The Bertz CT molecular complexity index is 773. The molecule has 4 fully saturated rings. The molecule has 0 aromatic heterocycles. The number of benzene rings is 1. The maximum Gasteiger partial charge on any atom is 0.223 e. The average Bonchev–Trinajstić information content (AvgIpc) is 3.48. The first kappa shape index (κ1) is 22.3. The van der Waals surface area contributed by atoms with Crippen LogP contribution in [0.15, 0.2) is 36.4 Å². The Labute approximate surface area is 187 Å². The summed E-state index contributed by atoms with van der Waals surface area (Å²) in [6.45, 7) is 1.80. The van der Waals surface area contributed by atoms with Crippen molar-refractivity contribution in [3.63, 3.8) is 0 Å². The van der Waals surface area contributed by atoms with Gasteiger partial charge in [-0.25, -0.2) is 4.39 Å². The summed E-state index contributed by atoms with van der Waals surface area (Å²) >= 11 is 0. The lowest BCUT2D eigenvalue weighted by Gasteiger charge is -2.30. The van der Waals surface area contributed by atoms with Crippen molar-refractivity contribution in [2.45, 2.75) is 62.7 Å². The molecule has 176 valence electrons. The van der Waals surface area contributed by atoms with Crippen molar-refractivity contribution in [2.75, 3.05) is 26.4 Å². The Hall–Kier alpha value is -1.55. The molecule has 7 nitrogen and oxygen atoms in total. The largest absolute Gasteiger partial charge is 0.488 e. The molecule has 0 amide bonds. The Morgan fingerprint density at radius 1 is 1.09 bits per heavy atom. The van der Waals surface area contributed by atoms with Crippen LogP contribution >= 0.6 is 0 Å². The summed E-state index contributed by atoms with van der Waals surface area (Å²) in [5.41, 5.74) is 0. The lowest BCUT2D eigenvalue weighted by Crippen LogP contribution is -2.36. The molecule has 1 aliphatic carbocycles. The van der Waals surface area contributed by atoms with Crippen LogP contribution in [0.1, 0.15) is 32.1 Å². The van der Waals surface area contributed by atoms with Gasteiger partial charge >= 0.3 is 0 Å². The Kier molecular flexibility index (Phi) is 6.78. The van der Waals surface area contributed by atoms with Gasteiger partial charge in [-0.3, -0.25) is 0 Å². The monoisotopic (exact) mass is 450 g/mol. The second kappa shape index (κ2) is 9.75. The second-order valence-electron chi connectivity index (χ2n) is 8.92. The Morgan fingerprint density at radius 3 is 2.66 bits per heavy atom. The highest BCUT2D eigenvalue weighted by Crippen LogP contribution is 2.45. The molecule has 1 saturated carbocycles. The molecule has 0 radical (unpaired) electrons. The zero-order valence-corrected chi connectivity index (χ0v) is 18.1. The minimum Gasteiger partial charge on any atom is -0.488 e. The summed E-state index contributed by atoms with van der Waals surface area (Å²) in [5.74, 6) is -0.590. The van der Waals surface area contributed by atoms with Crippen LogP contribution in [-0.2, 0) is 23.7 Å². The van der Waals surface area contributed by atoms with E-state index in [0.717, 1.165) is 32.3 Å². The number of aliphatic hydroxyl groups is 1. The Morgan fingerprint density at radius 2 is 1.91 bits per heavy atom. The van der Waals surface area contributed by atoms with Gasteiger partial charge in [-0.1, -0.05) is 6.08 Å². The Balaban J connectivity index is 1.29. The maximum atomic E-state index is 13.2. The van der Waals surface area contributed by atoms with Gasteiger partial charge < -0.3 is 33.5 Å². The van der Waals surface area contributed by atoms with Crippen molar-refractivity contribution in [3.05, 3.63) is 42.2 Å². The molecule has 1 aromatic rings. The van der Waals surface area contributed by atoms with Gasteiger partial charge in [0.2, 0.25) is 5.79 Å². The van der Waals surface area contributed by atoms with E-state index in [1.165, 1.54) is 12.1 Å². The highest BCUT2D eigenvalue weighted by molar-refractivity contribution is 5.22.